The summed E-state index contributed by atoms with van der Waals surface area (Å²) in [7, 11) is 0. The first-order chi connectivity index (χ1) is 10.5. The van der Waals surface area contributed by atoms with E-state index in [1.165, 1.54) is 31.2 Å². The standard InChI is InChI=1S/C16H14N2O4/c1-10(19)17-12-6-4-5-11(9-12)15(20)18-14-8-3-2-7-13(14)16(21)22/h2-9H,1H3,(H,17,19)(H,18,20)(H,21,22)/p-1. The molecule has 0 bridgehead atoms. The molecule has 2 aromatic carbocycles. The molecule has 2 N–H and O–H groups in total. The normalized spacial score (nSPS) is 9.86. The molecule has 0 spiro atoms. The number of amides is 2. The Hall–Kier alpha value is -3.15. The van der Waals surface area contributed by atoms with Crippen LogP contribution in [0.1, 0.15) is 27.6 Å². The number of hydrogen-bond donors (Lipinski definition) is 2. The number of anilines is 2. The average Bonchev–Trinajstić information content (AvgIpc) is 2.47. The zero-order valence-corrected chi connectivity index (χ0v) is 11.8. The van der Waals surface area contributed by atoms with E-state index < -0.39 is 11.9 Å². The molecule has 22 heavy (non-hydrogen) atoms. The fourth-order valence-corrected chi connectivity index (χ4v) is 1.91. The van der Waals surface area contributed by atoms with Crippen LogP contribution in [0.3, 0.4) is 0 Å². The second-order valence-electron chi connectivity index (χ2n) is 4.55. The van der Waals surface area contributed by atoms with E-state index in [1.54, 1.807) is 24.3 Å². The lowest BCUT2D eigenvalue weighted by molar-refractivity contribution is -0.254. The molecule has 112 valence electrons. The molecule has 0 atom stereocenters. The Morgan fingerprint density at radius 2 is 1.68 bits per heavy atom. The highest BCUT2D eigenvalue weighted by Crippen LogP contribution is 2.17. The van der Waals surface area contributed by atoms with Crippen LogP contribution in [0.25, 0.3) is 0 Å². The summed E-state index contributed by atoms with van der Waals surface area (Å²) in [5.74, 6) is -2.11. The fraction of sp³-hybridized carbons (Fsp3) is 0.0625. The summed E-state index contributed by atoms with van der Waals surface area (Å²) in [5, 5.41) is 16.1. The van der Waals surface area contributed by atoms with Gasteiger partial charge in [-0.15, -0.1) is 0 Å². The summed E-state index contributed by atoms with van der Waals surface area (Å²) in [6, 6.07) is 12.3. The molecule has 0 saturated heterocycles. The average molecular weight is 297 g/mol. The molecule has 0 unspecified atom stereocenters. The summed E-state index contributed by atoms with van der Waals surface area (Å²) in [6.07, 6.45) is 0. The van der Waals surface area contributed by atoms with Crippen molar-refractivity contribution in [3.63, 3.8) is 0 Å². The molecule has 6 heteroatoms. The van der Waals surface area contributed by atoms with Gasteiger partial charge in [0.05, 0.1) is 11.7 Å². The van der Waals surface area contributed by atoms with E-state index in [4.69, 9.17) is 0 Å². The Bertz CT molecular complexity index is 740. The van der Waals surface area contributed by atoms with Crippen LogP contribution in [-0.2, 0) is 4.79 Å². The van der Waals surface area contributed by atoms with E-state index in [-0.39, 0.29) is 17.2 Å². The van der Waals surface area contributed by atoms with E-state index in [1.807, 2.05) is 0 Å². The summed E-state index contributed by atoms with van der Waals surface area (Å²) in [6.45, 7) is 1.36. The molecule has 2 amide bonds. The first-order valence-corrected chi connectivity index (χ1v) is 6.47. The number of aromatic carboxylic acids is 1. The van der Waals surface area contributed by atoms with Gasteiger partial charge in [0.1, 0.15) is 0 Å². The molecular formula is C16H13N2O4-. The Kier molecular flexibility index (Phi) is 4.53. The summed E-state index contributed by atoms with van der Waals surface area (Å²) < 4.78 is 0. The lowest BCUT2D eigenvalue weighted by Crippen LogP contribution is -2.24. The van der Waals surface area contributed by atoms with Crippen molar-refractivity contribution in [2.24, 2.45) is 0 Å². The third kappa shape index (κ3) is 3.69. The van der Waals surface area contributed by atoms with Gasteiger partial charge in [0, 0.05) is 23.7 Å². The van der Waals surface area contributed by atoms with Crippen molar-refractivity contribution >= 4 is 29.2 Å². The zero-order valence-electron chi connectivity index (χ0n) is 11.8. The highest BCUT2D eigenvalue weighted by Gasteiger charge is 2.10. The van der Waals surface area contributed by atoms with Crippen LogP contribution in [0.15, 0.2) is 48.5 Å². The minimum absolute atomic E-state index is 0.103. The number of carbonyl (C=O) groups excluding carboxylic acids is 3. The van der Waals surface area contributed by atoms with Crippen LogP contribution in [0.4, 0.5) is 11.4 Å². The number of para-hydroxylation sites is 1. The van der Waals surface area contributed by atoms with E-state index in [2.05, 4.69) is 10.6 Å². The Labute approximate surface area is 126 Å². The monoisotopic (exact) mass is 297 g/mol. The number of nitrogens with one attached hydrogen (secondary N) is 2. The van der Waals surface area contributed by atoms with Gasteiger partial charge in [0.15, 0.2) is 0 Å². The molecule has 0 saturated carbocycles. The zero-order chi connectivity index (χ0) is 16.1. The fourth-order valence-electron chi connectivity index (χ4n) is 1.91. The van der Waals surface area contributed by atoms with Crippen molar-refractivity contribution in [3.8, 4) is 0 Å². The summed E-state index contributed by atoms with van der Waals surface area (Å²) >= 11 is 0. The summed E-state index contributed by atoms with van der Waals surface area (Å²) in [4.78, 5) is 34.2. The quantitative estimate of drug-likeness (QED) is 0.887. The van der Waals surface area contributed by atoms with E-state index in [9.17, 15) is 19.5 Å². The minimum Gasteiger partial charge on any atom is -0.545 e. The molecule has 2 aromatic rings. The molecule has 2 rings (SSSR count). The Morgan fingerprint density at radius 1 is 0.955 bits per heavy atom. The van der Waals surface area contributed by atoms with Crippen molar-refractivity contribution in [1.82, 2.24) is 0 Å². The van der Waals surface area contributed by atoms with Gasteiger partial charge in [-0.2, -0.15) is 0 Å². The predicted molar refractivity (Wildman–Crippen MR) is 79.5 cm³/mol. The van der Waals surface area contributed by atoms with Crippen LogP contribution in [0, 0.1) is 0 Å². The lowest BCUT2D eigenvalue weighted by atomic mass is 10.1. The highest BCUT2D eigenvalue weighted by atomic mass is 16.4. The van der Waals surface area contributed by atoms with Gasteiger partial charge in [-0.1, -0.05) is 24.3 Å². The van der Waals surface area contributed by atoms with Crippen molar-refractivity contribution in [2.75, 3.05) is 10.6 Å². The maximum atomic E-state index is 12.2. The van der Waals surface area contributed by atoms with Crippen LogP contribution < -0.4 is 15.7 Å². The number of carbonyl (C=O) groups is 3. The topological polar surface area (TPSA) is 98.3 Å². The van der Waals surface area contributed by atoms with Gasteiger partial charge >= 0.3 is 0 Å². The molecule has 0 aliphatic rings. The number of carboxylic acid groups (broad SMARTS) is 1. The van der Waals surface area contributed by atoms with Gasteiger partial charge in [-0.05, 0) is 24.3 Å². The van der Waals surface area contributed by atoms with Gasteiger partial charge in [-0.25, -0.2) is 0 Å². The maximum absolute atomic E-state index is 12.2. The number of carboxylic acids is 1. The lowest BCUT2D eigenvalue weighted by Gasteiger charge is -2.12. The predicted octanol–water partition coefficient (Wildman–Crippen LogP) is 1.26. The van der Waals surface area contributed by atoms with Crippen molar-refractivity contribution in [3.05, 3.63) is 59.7 Å². The Morgan fingerprint density at radius 3 is 2.36 bits per heavy atom. The van der Waals surface area contributed by atoms with Gasteiger partial charge in [-0.3, -0.25) is 9.59 Å². The third-order valence-electron chi connectivity index (χ3n) is 2.84. The number of benzene rings is 2. The van der Waals surface area contributed by atoms with Gasteiger partial charge < -0.3 is 20.5 Å². The van der Waals surface area contributed by atoms with Crippen LogP contribution in [0.5, 0.6) is 0 Å². The highest BCUT2D eigenvalue weighted by molar-refractivity contribution is 6.08. The molecular weight excluding hydrogens is 284 g/mol. The first-order valence-electron chi connectivity index (χ1n) is 6.47. The molecule has 0 radical (unpaired) electrons. The molecule has 0 aliphatic heterocycles. The largest absolute Gasteiger partial charge is 0.545 e. The molecule has 0 aliphatic carbocycles. The minimum atomic E-state index is -1.37. The second kappa shape index (κ2) is 6.53. The SMILES string of the molecule is CC(=O)Nc1cccc(C(=O)Nc2ccccc2C(=O)[O-])c1. The first kappa shape index (κ1) is 15.2. The van der Waals surface area contributed by atoms with Crippen LogP contribution >= 0.6 is 0 Å². The van der Waals surface area contributed by atoms with E-state index in [0.717, 1.165) is 0 Å². The molecule has 0 heterocycles. The molecule has 0 fully saturated rings. The number of hydrogen-bond acceptors (Lipinski definition) is 4. The Balaban J connectivity index is 2.23. The van der Waals surface area contributed by atoms with Crippen molar-refractivity contribution in [1.29, 1.82) is 0 Å². The molecule has 6 nitrogen and oxygen atoms in total. The van der Waals surface area contributed by atoms with Gasteiger partial charge in [0.25, 0.3) is 5.91 Å². The number of rotatable bonds is 4. The molecule has 0 aromatic heterocycles. The van der Waals surface area contributed by atoms with Crippen LogP contribution in [0.2, 0.25) is 0 Å². The summed E-state index contributed by atoms with van der Waals surface area (Å²) in [5.41, 5.74) is 0.819. The van der Waals surface area contributed by atoms with Gasteiger partial charge in [0.2, 0.25) is 5.91 Å². The smallest absolute Gasteiger partial charge is 0.255 e. The van der Waals surface area contributed by atoms with Crippen molar-refractivity contribution < 1.29 is 19.5 Å². The van der Waals surface area contributed by atoms with E-state index >= 15 is 0 Å². The van der Waals surface area contributed by atoms with Crippen molar-refractivity contribution in [2.45, 2.75) is 6.92 Å². The second-order valence-corrected chi connectivity index (χ2v) is 4.55. The maximum Gasteiger partial charge on any atom is 0.255 e. The third-order valence-corrected chi connectivity index (χ3v) is 2.84. The van der Waals surface area contributed by atoms with Crippen LogP contribution in [-0.4, -0.2) is 17.8 Å². The van der Waals surface area contributed by atoms with E-state index in [0.29, 0.717) is 11.3 Å².